The van der Waals surface area contributed by atoms with Crippen LogP contribution in [0.4, 0.5) is 4.79 Å². The van der Waals surface area contributed by atoms with E-state index in [9.17, 15) is 9.90 Å². The van der Waals surface area contributed by atoms with Crippen LogP contribution in [0.1, 0.15) is 55.7 Å². The summed E-state index contributed by atoms with van der Waals surface area (Å²) in [5.41, 5.74) is 2.40. The van der Waals surface area contributed by atoms with Crippen LogP contribution >= 0.6 is 0 Å². The zero-order valence-corrected chi connectivity index (χ0v) is 13.2. The van der Waals surface area contributed by atoms with Crippen LogP contribution < -0.4 is 10.6 Å². The molecular weight excluding hydrogens is 276 g/mol. The van der Waals surface area contributed by atoms with E-state index in [2.05, 4.69) is 41.8 Å². The second-order valence-corrected chi connectivity index (χ2v) is 6.80. The van der Waals surface area contributed by atoms with E-state index in [1.807, 2.05) is 0 Å². The molecule has 0 spiro atoms. The van der Waals surface area contributed by atoms with Crippen molar-refractivity contribution in [1.29, 1.82) is 0 Å². The van der Waals surface area contributed by atoms with Gasteiger partial charge in [0, 0.05) is 0 Å². The van der Waals surface area contributed by atoms with Crippen LogP contribution in [0.2, 0.25) is 0 Å². The van der Waals surface area contributed by atoms with Gasteiger partial charge in [0.25, 0.3) is 0 Å². The molecule has 2 saturated carbocycles. The monoisotopic (exact) mass is 302 g/mol. The summed E-state index contributed by atoms with van der Waals surface area (Å²) in [5.74, 6) is 0.546. The molecule has 3 atom stereocenters. The molecule has 2 aliphatic carbocycles. The Hall–Kier alpha value is -1.55. The Morgan fingerprint density at radius 1 is 1.14 bits per heavy atom. The summed E-state index contributed by atoms with van der Waals surface area (Å²) in [7, 11) is 0. The van der Waals surface area contributed by atoms with Crippen molar-refractivity contribution in [2.24, 2.45) is 5.92 Å². The van der Waals surface area contributed by atoms with Crippen molar-refractivity contribution in [3.05, 3.63) is 35.4 Å². The van der Waals surface area contributed by atoms with Crippen molar-refractivity contribution >= 4 is 6.03 Å². The number of benzene rings is 1. The Kier molecular flexibility index (Phi) is 4.67. The number of aliphatic hydroxyl groups is 1. The van der Waals surface area contributed by atoms with Crippen LogP contribution in [0.15, 0.2) is 24.3 Å². The molecule has 3 unspecified atom stereocenters. The van der Waals surface area contributed by atoms with Gasteiger partial charge in [0.05, 0.1) is 18.2 Å². The number of carbonyl (C=O) groups excluding carboxylic acids is 1. The van der Waals surface area contributed by atoms with E-state index in [0.717, 1.165) is 25.7 Å². The number of rotatable bonds is 4. The van der Waals surface area contributed by atoms with Gasteiger partial charge >= 0.3 is 6.03 Å². The predicted molar refractivity (Wildman–Crippen MR) is 86.6 cm³/mol. The van der Waals surface area contributed by atoms with Gasteiger partial charge in [0.1, 0.15) is 0 Å². The number of amides is 2. The Labute approximate surface area is 132 Å². The molecule has 0 bridgehead atoms. The standard InChI is InChI=1S/C18H26N2O2/c1-12-6-8-13(9-7-12)17(14-10-11-14)20-18(22)19-15-4-2-3-5-16(15)21/h6-9,14-17,21H,2-5,10-11H2,1H3,(H2,19,20,22). The molecule has 3 N–H and O–H groups in total. The van der Waals surface area contributed by atoms with E-state index in [1.54, 1.807) is 0 Å². The van der Waals surface area contributed by atoms with Crippen LogP contribution in [0.3, 0.4) is 0 Å². The fraction of sp³-hybridized carbons (Fsp3) is 0.611. The Morgan fingerprint density at radius 2 is 1.82 bits per heavy atom. The SMILES string of the molecule is Cc1ccc(C(NC(=O)NC2CCCCC2O)C2CC2)cc1. The normalized spacial score (nSPS) is 26.3. The van der Waals surface area contributed by atoms with Gasteiger partial charge in [-0.15, -0.1) is 0 Å². The summed E-state index contributed by atoms with van der Waals surface area (Å²) in [6.07, 6.45) is 5.72. The first-order valence-electron chi connectivity index (χ1n) is 8.45. The Bertz CT molecular complexity index is 510. The summed E-state index contributed by atoms with van der Waals surface area (Å²) in [5, 5.41) is 16.1. The van der Waals surface area contributed by atoms with Gasteiger partial charge in [-0.2, -0.15) is 0 Å². The van der Waals surface area contributed by atoms with Crippen LogP contribution in [0, 0.1) is 12.8 Å². The minimum Gasteiger partial charge on any atom is -0.391 e. The molecule has 2 aliphatic rings. The minimum atomic E-state index is -0.404. The molecular formula is C18H26N2O2. The molecule has 120 valence electrons. The van der Waals surface area contributed by atoms with Crippen molar-refractivity contribution in [3.8, 4) is 0 Å². The first kappa shape index (κ1) is 15.3. The van der Waals surface area contributed by atoms with E-state index in [1.165, 1.54) is 24.0 Å². The third-order valence-corrected chi connectivity index (χ3v) is 4.86. The number of carbonyl (C=O) groups is 1. The van der Waals surface area contributed by atoms with Crippen molar-refractivity contribution in [2.75, 3.05) is 0 Å². The van der Waals surface area contributed by atoms with Crippen molar-refractivity contribution < 1.29 is 9.90 Å². The third kappa shape index (κ3) is 3.80. The largest absolute Gasteiger partial charge is 0.391 e. The average Bonchev–Trinajstić information content (AvgIpc) is 3.33. The molecule has 0 heterocycles. The molecule has 0 aromatic heterocycles. The number of urea groups is 1. The summed E-state index contributed by atoms with van der Waals surface area (Å²) in [4.78, 5) is 12.3. The van der Waals surface area contributed by atoms with Gasteiger partial charge in [-0.3, -0.25) is 0 Å². The quantitative estimate of drug-likeness (QED) is 0.800. The van der Waals surface area contributed by atoms with Crippen LogP contribution in [0.25, 0.3) is 0 Å². The fourth-order valence-corrected chi connectivity index (χ4v) is 3.31. The van der Waals surface area contributed by atoms with Gasteiger partial charge in [-0.05, 0) is 44.1 Å². The van der Waals surface area contributed by atoms with Crippen molar-refractivity contribution in [2.45, 2.75) is 63.6 Å². The minimum absolute atomic E-state index is 0.0846. The smallest absolute Gasteiger partial charge is 0.315 e. The van der Waals surface area contributed by atoms with Gasteiger partial charge in [-0.1, -0.05) is 42.7 Å². The zero-order valence-electron chi connectivity index (χ0n) is 13.2. The maximum Gasteiger partial charge on any atom is 0.315 e. The summed E-state index contributed by atoms with van der Waals surface area (Å²) >= 11 is 0. The molecule has 0 aliphatic heterocycles. The highest BCUT2D eigenvalue weighted by molar-refractivity contribution is 5.75. The lowest BCUT2D eigenvalue weighted by atomic mass is 9.93. The fourth-order valence-electron chi connectivity index (χ4n) is 3.31. The van der Waals surface area contributed by atoms with Crippen LogP contribution in [0.5, 0.6) is 0 Å². The molecule has 4 nitrogen and oxygen atoms in total. The van der Waals surface area contributed by atoms with Crippen LogP contribution in [-0.2, 0) is 0 Å². The number of aliphatic hydroxyl groups excluding tert-OH is 1. The first-order valence-corrected chi connectivity index (χ1v) is 8.45. The molecule has 2 fully saturated rings. The van der Waals surface area contributed by atoms with Crippen molar-refractivity contribution in [3.63, 3.8) is 0 Å². The topological polar surface area (TPSA) is 61.4 Å². The van der Waals surface area contributed by atoms with E-state index in [-0.39, 0.29) is 18.1 Å². The second kappa shape index (κ2) is 6.69. The van der Waals surface area contributed by atoms with Gasteiger partial charge in [-0.25, -0.2) is 4.79 Å². The second-order valence-electron chi connectivity index (χ2n) is 6.80. The van der Waals surface area contributed by atoms with E-state index in [0.29, 0.717) is 5.92 Å². The molecule has 3 rings (SSSR count). The molecule has 1 aromatic rings. The predicted octanol–water partition coefficient (Wildman–Crippen LogP) is 3.05. The van der Waals surface area contributed by atoms with Gasteiger partial charge in [0.2, 0.25) is 0 Å². The highest BCUT2D eigenvalue weighted by atomic mass is 16.3. The van der Waals surface area contributed by atoms with Crippen molar-refractivity contribution in [1.82, 2.24) is 10.6 Å². The zero-order chi connectivity index (χ0) is 15.5. The summed E-state index contributed by atoms with van der Waals surface area (Å²) in [6.45, 7) is 2.07. The third-order valence-electron chi connectivity index (χ3n) is 4.86. The van der Waals surface area contributed by atoms with E-state index in [4.69, 9.17) is 0 Å². The molecule has 0 saturated heterocycles. The molecule has 0 radical (unpaired) electrons. The summed E-state index contributed by atoms with van der Waals surface area (Å²) in [6, 6.07) is 8.23. The van der Waals surface area contributed by atoms with E-state index < -0.39 is 6.10 Å². The number of nitrogens with one attached hydrogen (secondary N) is 2. The van der Waals surface area contributed by atoms with Gasteiger partial charge in [0.15, 0.2) is 0 Å². The maximum atomic E-state index is 12.3. The summed E-state index contributed by atoms with van der Waals surface area (Å²) < 4.78 is 0. The maximum absolute atomic E-state index is 12.3. The molecule has 2 amide bonds. The highest BCUT2D eigenvalue weighted by Gasteiger charge is 2.34. The lowest BCUT2D eigenvalue weighted by molar-refractivity contribution is 0.0939. The first-order chi connectivity index (χ1) is 10.6. The Balaban J connectivity index is 1.61. The molecule has 1 aromatic carbocycles. The Morgan fingerprint density at radius 3 is 2.45 bits per heavy atom. The number of aryl methyl sites for hydroxylation is 1. The average molecular weight is 302 g/mol. The lowest BCUT2D eigenvalue weighted by Crippen LogP contribution is -2.49. The number of hydrogen-bond donors (Lipinski definition) is 3. The van der Waals surface area contributed by atoms with Gasteiger partial charge < -0.3 is 15.7 Å². The molecule has 22 heavy (non-hydrogen) atoms. The van der Waals surface area contributed by atoms with Crippen LogP contribution in [-0.4, -0.2) is 23.3 Å². The molecule has 4 heteroatoms. The number of hydrogen-bond acceptors (Lipinski definition) is 2. The van der Waals surface area contributed by atoms with E-state index >= 15 is 0 Å². The highest BCUT2D eigenvalue weighted by Crippen LogP contribution is 2.41. The lowest BCUT2D eigenvalue weighted by Gasteiger charge is -2.29.